The standard InChI is InChI=1S/C20H20NSi/c1-15-14-21-17(3)20(16(15)2)22(18-10-6-4-7-11-18)19-12-8-5-9-13-19/h4-14H,1-3H3. The van der Waals surface area contributed by atoms with Crippen molar-refractivity contribution in [2.75, 3.05) is 0 Å². The van der Waals surface area contributed by atoms with Gasteiger partial charge in [0.1, 0.15) is 0 Å². The highest BCUT2D eigenvalue weighted by Gasteiger charge is 2.24. The smallest absolute Gasteiger partial charge is 0.157 e. The molecule has 0 aliphatic heterocycles. The molecule has 3 rings (SSSR count). The summed E-state index contributed by atoms with van der Waals surface area (Å²) in [5, 5.41) is 4.26. The molecule has 0 aliphatic rings. The molecule has 0 atom stereocenters. The van der Waals surface area contributed by atoms with E-state index < -0.39 is 8.80 Å². The summed E-state index contributed by atoms with van der Waals surface area (Å²) < 4.78 is 0. The summed E-state index contributed by atoms with van der Waals surface area (Å²) in [7, 11) is -1.02. The third-order valence-electron chi connectivity index (χ3n) is 4.16. The summed E-state index contributed by atoms with van der Waals surface area (Å²) in [5.41, 5.74) is 3.81. The Morgan fingerprint density at radius 3 is 1.73 bits per heavy atom. The molecule has 0 aliphatic carbocycles. The van der Waals surface area contributed by atoms with Crippen LogP contribution in [0.5, 0.6) is 0 Å². The first-order chi connectivity index (χ1) is 10.7. The Hall–Kier alpha value is -2.19. The first-order valence-corrected chi connectivity index (χ1v) is 9.09. The van der Waals surface area contributed by atoms with E-state index in [4.69, 9.17) is 0 Å². The molecule has 0 saturated heterocycles. The van der Waals surface area contributed by atoms with Gasteiger partial charge < -0.3 is 0 Å². The molecule has 22 heavy (non-hydrogen) atoms. The molecule has 3 aromatic rings. The maximum absolute atomic E-state index is 4.64. The minimum Gasteiger partial charge on any atom is -0.261 e. The lowest BCUT2D eigenvalue weighted by Gasteiger charge is -2.21. The van der Waals surface area contributed by atoms with Crippen molar-refractivity contribution in [1.82, 2.24) is 4.98 Å². The average molecular weight is 302 g/mol. The topological polar surface area (TPSA) is 12.9 Å². The van der Waals surface area contributed by atoms with Crippen molar-refractivity contribution >= 4 is 24.4 Å². The molecular weight excluding hydrogens is 282 g/mol. The third-order valence-corrected chi connectivity index (χ3v) is 7.21. The number of nitrogens with zero attached hydrogens (tertiary/aromatic N) is 1. The number of benzene rings is 2. The van der Waals surface area contributed by atoms with Gasteiger partial charge in [-0.05, 0) is 37.1 Å². The fourth-order valence-electron chi connectivity index (χ4n) is 2.86. The molecule has 0 fully saturated rings. The van der Waals surface area contributed by atoms with Gasteiger partial charge in [0, 0.05) is 11.9 Å². The normalized spacial score (nSPS) is 10.9. The van der Waals surface area contributed by atoms with E-state index in [2.05, 4.69) is 86.4 Å². The molecule has 1 heterocycles. The largest absolute Gasteiger partial charge is 0.261 e. The number of pyridine rings is 1. The van der Waals surface area contributed by atoms with Gasteiger partial charge in [-0.15, -0.1) is 0 Å². The molecule has 0 unspecified atom stereocenters. The van der Waals surface area contributed by atoms with E-state index in [0.717, 1.165) is 5.69 Å². The Labute approximate surface area is 134 Å². The molecule has 1 nitrogen and oxygen atoms in total. The third kappa shape index (κ3) is 2.74. The summed E-state index contributed by atoms with van der Waals surface area (Å²) in [5.74, 6) is 0. The van der Waals surface area contributed by atoms with E-state index in [1.54, 1.807) is 0 Å². The summed E-state index contributed by atoms with van der Waals surface area (Å²) in [6.07, 6.45) is 1.99. The number of aromatic nitrogens is 1. The molecule has 0 amide bonds. The van der Waals surface area contributed by atoms with E-state index in [-0.39, 0.29) is 0 Å². The fraction of sp³-hybridized carbons (Fsp3) is 0.150. The molecule has 0 spiro atoms. The van der Waals surface area contributed by atoms with E-state index in [0.29, 0.717) is 0 Å². The van der Waals surface area contributed by atoms with Crippen LogP contribution in [0.25, 0.3) is 0 Å². The number of hydrogen-bond donors (Lipinski definition) is 0. The number of aryl methyl sites for hydroxylation is 2. The van der Waals surface area contributed by atoms with Gasteiger partial charge in [-0.1, -0.05) is 71.0 Å². The molecule has 0 N–H and O–H groups in total. The maximum atomic E-state index is 4.64. The SMILES string of the molecule is Cc1cnc(C)c([Si](c2ccccc2)c2ccccc2)c1C. The zero-order valence-corrected chi connectivity index (χ0v) is 14.3. The van der Waals surface area contributed by atoms with Gasteiger partial charge in [-0.25, -0.2) is 0 Å². The Morgan fingerprint density at radius 2 is 1.23 bits per heavy atom. The second-order valence-corrected chi connectivity index (χ2v) is 8.04. The lowest BCUT2D eigenvalue weighted by Crippen LogP contribution is -2.54. The number of rotatable bonds is 3. The van der Waals surface area contributed by atoms with Gasteiger partial charge in [0.2, 0.25) is 0 Å². The van der Waals surface area contributed by atoms with Gasteiger partial charge >= 0.3 is 0 Å². The average Bonchev–Trinajstić information content (AvgIpc) is 2.57. The van der Waals surface area contributed by atoms with Crippen LogP contribution >= 0.6 is 0 Å². The van der Waals surface area contributed by atoms with Crippen molar-refractivity contribution in [3.05, 3.63) is 83.7 Å². The van der Waals surface area contributed by atoms with Crippen molar-refractivity contribution < 1.29 is 0 Å². The minimum absolute atomic E-state index is 1.02. The first-order valence-electron chi connectivity index (χ1n) is 7.59. The van der Waals surface area contributed by atoms with Crippen LogP contribution in [-0.4, -0.2) is 13.8 Å². The summed E-state index contributed by atoms with van der Waals surface area (Å²) in [6, 6.07) is 21.7. The quantitative estimate of drug-likeness (QED) is 0.678. The lowest BCUT2D eigenvalue weighted by molar-refractivity contribution is 1.16. The summed E-state index contributed by atoms with van der Waals surface area (Å²) in [6.45, 7) is 6.52. The second kappa shape index (κ2) is 6.28. The van der Waals surface area contributed by atoms with Gasteiger partial charge in [-0.2, -0.15) is 0 Å². The Balaban J connectivity index is 2.26. The van der Waals surface area contributed by atoms with Crippen LogP contribution in [0.15, 0.2) is 66.9 Å². The van der Waals surface area contributed by atoms with Gasteiger partial charge in [0.25, 0.3) is 0 Å². The Kier molecular flexibility index (Phi) is 4.21. The van der Waals surface area contributed by atoms with Crippen LogP contribution in [0.1, 0.15) is 16.8 Å². The molecule has 2 aromatic carbocycles. The lowest BCUT2D eigenvalue weighted by atomic mass is 10.1. The molecule has 109 valence electrons. The molecular formula is C20H20NSi. The zero-order chi connectivity index (χ0) is 15.5. The van der Waals surface area contributed by atoms with E-state index in [1.165, 1.54) is 26.7 Å². The predicted molar refractivity (Wildman–Crippen MR) is 96.0 cm³/mol. The molecule has 0 bridgehead atoms. The van der Waals surface area contributed by atoms with Crippen LogP contribution in [0.3, 0.4) is 0 Å². The molecule has 2 heteroatoms. The zero-order valence-electron chi connectivity index (χ0n) is 13.3. The molecule has 1 radical (unpaired) electrons. The van der Waals surface area contributed by atoms with Crippen molar-refractivity contribution in [3.63, 3.8) is 0 Å². The van der Waals surface area contributed by atoms with Gasteiger partial charge in [-0.3, -0.25) is 4.98 Å². The van der Waals surface area contributed by atoms with Gasteiger partial charge in [0.05, 0.1) is 0 Å². The summed E-state index contributed by atoms with van der Waals surface area (Å²) >= 11 is 0. The van der Waals surface area contributed by atoms with Crippen LogP contribution in [0.2, 0.25) is 0 Å². The van der Waals surface area contributed by atoms with E-state index >= 15 is 0 Å². The van der Waals surface area contributed by atoms with Crippen LogP contribution in [0, 0.1) is 20.8 Å². The number of hydrogen-bond acceptors (Lipinski definition) is 1. The molecule has 0 saturated carbocycles. The minimum atomic E-state index is -1.02. The highest BCUT2D eigenvalue weighted by atomic mass is 28.3. The molecule has 1 aromatic heterocycles. The highest BCUT2D eigenvalue weighted by molar-refractivity contribution is 6.96. The van der Waals surface area contributed by atoms with Crippen LogP contribution < -0.4 is 15.6 Å². The first kappa shape index (κ1) is 14.7. The van der Waals surface area contributed by atoms with Crippen molar-refractivity contribution in [2.45, 2.75) is 20.8 Å². The monoisotopic (exact) mass is 302 g/mol. The van der Waals surface area contributed by atoms with Crippen molar-refractivity contribution in [2.24, 2.45) is 0 Å². The maximum Gasteiger partial charge on any atom is 0.157 e. The Bertz CT molecular complexity index is 727. The van der Waals surface area contributed by atoms with E-state index in [9.17, 15) is 0 Å². The highest BCUT2D eigenvalue weighted by Crippen LogP contribution is 2.07. The predicted octanol–water partition coefficient (Wildman–Crippen LogP) is 2.52. The van der Waals surface area contributed by atoms with Gasteiger partial charge in [0.15, 0.2) is 8.80 Å². The van der Waals surface area contributed by atoms with Crippen LogP contribution in [-0.2, 0) is 0 Å². The Morgan fingerprint density at radius 1 is 0.727 bits per heavy atom. The fourth-order valence-corrected chi connectivity index (χ4v) is 5.82. The van der Waals surface area contributed by atoms with Crippen molar-refractivity contribution in [3.8, 4) is 0 Å². The van der Waals surface area contributed by atoms with Crippen molar-refractivity contribution in [1.29, 1.82) is 0 Å². The van der Waals surface area contributed by atoms with Crippen LogP contribution in [0.4, 0.5) is 0 Å². The summed E-state index contributed by atoms with van der Waals surface area (Å²) in [4.78, 5) is 4.64. The van der Waals surface area contributed by atoms with E-state index in [1.807, 2.05) is 6.20 Å². The second-order valence-electron chi connectivity index (χ2n) is 5.63.